The Morgan fingerprint density at radius 2 is 1.97 bits per heavy atom. The van der Waals surface area contributed by atoms with Gasteiger partial charge in [0.15, 0.2) is 4.34 Å². The molecule has 0 unspecified atom stereocenters. The van der Waals surface area contributed by atoms with Gasteiger partial charge in [0, 0.05) is 23.5 Å². The number of aliphatic carboxylic acids is 1. The molecule has 2 aromatic carbocycles. The van der Waals surface area contributed by atoms with Crippen LogP contribution in [0, 0.1) is 0 Å². The van der Waals surface area contributed by atoms with E-state index in [9.17, 15) is 14.7 Å². The Balaban J connectivity index is 1.32. The quantitative estimate of drug-likeness (QED) is 0.228. The summed E-state index contributed by atoms with van der Waals surface area (Å²) < 4.78 is 6.19. The van der Waals surface area contributed by atoms with Gasteiger partial charge in [0.1, 0.15) is 11.8 Å². The minimum absolute atomic E-state index is 0.0296. The number of rotatable bonds is 11. The molecule has 0 saturated carbocycles. The first-order chi connectivity index (χ1) is 16.5. The number of nitrogens with one attached hydrogen (secondary N) is 3. The molecule has 0 saturated heterocycles. The van der Waals surface area contributed by atoms with E-state index >= 15 is 0 Å². The first-order valence-corrected chi connectivity index (χ1v) is 12.4. The van der Waals surface area contributed by atoms with Gasteiger partial charge in [-0.15, -0.1) is 10.2 Å². The number of carboxylic acid groups (broad SMARTS) is 1. The molecule has 9 nitrogen and oxygen atoms in total. The Bertz CT molecular complexity index is 1290. The van der Waals surface area contributed by atoms with E-state index in [0.717, 1.165) is 22.2 Å². The maximum Gasteiger partial charge on any atom is 0.326 e. The molecule has 4 aromatic rings. The number of thioether (sulfide) groups is 1. The van der Waals surface area contributed by atoms with Gasteiger partial charge in [0.2, 0.25) is 11.0 Å². The van der Waals surface area contributed by atoms with Gasteiger partial charge in [-0.3, -0.25) is 4.79 Å². The van der Waals surface area contributed by atoms with E-state index in [4.69, 9.17) is 4.74 Å². The maximum atomic E-state index is 12.5. The van der Waals surface area contributed by atoms with E-state index in [0.29, 0.717) is 21.8 Å². The van der Waals surface area contributed by atoms with Crippen LogP contribution in [-0.4, -0.2) is 50.6 Å². The van der Waals surface area contributed by atoms with Gasteiger partial charge in [-0.25, -0.2) is 4.79 Å². The number of hydrogen-bond donors (Lipinski definition) is 4. The van der Waals surface area contributed by atoms with Gasteiger partial charge in [0.25, 0.3) is 0 Å². The second-order valence-corrected chi connectivity index (χ2v) is 9.44. The largest absolute Gasteiger partial charge is 0.492 e. The Kier molecular flexibility index (Phi) is 7.65. The highest BCUT2D eigenvalue weighted by Crippen LogP contribution is 2.31. The number of ether oxygens (including phenoxy) is 1. The summed E-state index contributed by atoms with van der Waals surface area (Å²) in [6.45, 7) is 2.46. The predicted octanol–water partition coefficient (Wildman–Crippen LogP) is 4.07. The Morgan fingerprint density at radius 3 is 2.79 bits per heavy atom. The molecule has 0 radical (unpaired) electrons. The average molecular weight is 498 g/mol. The molecule has 11 heteroatoms. The molecule has 2 aromatic heterocycles. The molecule has 0 bridgehead atoms. The van der Waals surface area contributed by atoms with Crippen molar-refractivity contribution in [1.29, 1.82) is 0 Å². The monoisotopic (exact) mass is 497 g/mol. The van der Waals surface area contributed by atoms with E-state index in [-0.39, 0.29) is 18.1 Å². The lowest BCUT2D eigenvalue weighted by Crippen LogP contribution is -2.43. The third-order valence-electron chi connectivity index (χ3n) is 4.89. The van der Waals surface area contributed by atoms with Crippen LogP contribution in [0.1, 0.15) is 12.5 Å². The van der Waals surface area contributed by atoms with E-state index < -0.39 is 12.0 Å². The van der Waals surface area contributed by atoms with Crippen molar-refractivity contribution < 1.29 is 19.4 Å². The number of para-hydroxylation sites is 3. The molecule has 2 heterocycles. The number of H-pyrrole nitrogens is 1. The number of aromatic nitrogens is 3. The summed E-state index contributed by atoms with van der Waals surface area (Å²) >= 11 is 2.50. The minimum atomic E-state index is -1.08. The third kappa shape index (κ3) is 5.86. The third-order valence-corrected chi connectivity index (χ3v) is 6.87. The second-order valence-electron chi connectivity index (χ2n) is 7.24. The summed E-state index contributed by atoms with van der Waals surface area (Å²) in [4.78, 5) is 27.3. The number of aromatic amines is 1. The van der Waals surface area contributed by atoms with Crippen molar-refractivity contribution >= 4 is 56.7 Å². The van der Waals surface area contributed by atoms with E-state index in [1.807, 2.05) is 55.5 Å². The van der Waals surface area contributed by atoms with Crippen molar-refractivity contribution in [3.8, 4) is 5.75 Å². The lowest BCUT2D eigenvalue weighted by Gasteiger charge is -2.14. The summed E-state index contributed by atoms with van der Waals surface area (Å²) in [5.41, 5.74) is 2.53. The van der Waals surface area contributed by atoms with Gasteiger partial charge < -0.3 is 25.5 Å². The van der Waals surface area contributed by atoms with E-state index in [1.165, 1.54) is 23.1 Å². The number of carbonyl (C=O) groups excluding carboxylic acids is 1. The smallest absolute Gasteiger partial charge is 0.326 e. The Labute approximate surface area is 203 Å². The van der Waals surface area contributed by atoms with Crippen LogP contribution in [0.2, 0.25) is 0 Å². The lowest BCUT2D eigenvalue weighted by atomic mass is 10.1. The zero-order valence-electron chi connectivity index (χ0n) is 18.3. The van der Waals surface area contributed by atoms with Crippen LogP contribution in [0.3, 0.4) is 0 Å². The molecule has 0 fully saturated rings. The van der Waals surface area contributed by atoms with Crippen LogP contribution in [0.4, 0.5) is 10.8 Å². The molecule has 0 aliphatic heterocycles. The normalized spacial score (nSPS) is 11.8. The SMILES string of the molecule is CCOc1ccccc1Nc1nnc(SCC(=O)N[C@@H](Cc2c[nH]c3ccccc23)C(=O)O)s1. The van der Waals surface area contributed by atoms with Crippen molar-refractivity contribution in [1.82, 2.24) is 20.5 Å². The fourth-order valence-corrected chi connectivity index (χ4v) is 4.94. The fraction of sp³-hybridized carbons (Fsp3) is 0.217. The highest BCUT2D eigenvalue weighted by molar-refractivity contribution is 8.01. The van der Waals surface area contributed by atoms with E-state index in [2.05, 4.69) is 25.8 Å². The van der Waals surface area contributed by atoms with Crippen molar-refractivity contribution in [3.05, 3.63) is 60.3 Å². The van der Waals surface area contributed by atoms with Crippen LogP contribution < -0.4 is 15.4 Å². The van der Waals surface area contributed by atoms with Gasteiger partial charge >= 0.3 is 5.97 Å². The van der Waals surface area contributed by atoms with Crippen LogP contribution in [0.15, 0.2) is 59.1 Å². The molecule has 1 atom stereocenters. The van der Waals surface area contributed by atoms with Crippen LogP contribution >= 0.6 is 23.1 Å². The van der Waals surface area contributed by atoms with Crippen molar-refractivity contribution in [2.24, 2.45) is 0 Å². The first kappa shape index (κ1) is 23.6. The highest BCUT2D eigenvalue weighted by Gasteiger charge is 2.22. The van der Waals surface area contributed by atoms with Gasteiger partial charge in [-0.2, -0.15) is 0 Å². The topological polar surface area (TPSA) is 129 Å². The van der Waals surface area contributed by atoms with Gasteiger partial charge in [-0.1, -0.05) is 53.4 Å². The summed E-state index contributed by atoms with van der Waals surface area (Å²) in [7, 11) is 0. The molecule has 4 N–H and O–H groups in total. The van der Waals surface area contributed by atoms with Crippen LogP contribution in [0.25, 0.3) is 10.9 Å². The van der Waals surface area contributed by atoms with Gasteiger partial charge in [-0.05, 0) is 30.7 Å². The first-order valence-electron chi connectivity index (χ1n) is 10.6. The number of nitrogens with zero attached hydrogens (tertiary/aromatic N) is 2. The van der Waals surface area contributed by atoms with Crippen molar-refractivity contribution in [3.63, 3.8) is 0 Å². The molecule has 1 amide bonds. The summed E-state index contributed by atoms with van der Waals surface area (Å²) in [6, 6.07) is 14.1. The molecule has 0 aliphatic carbocycles. The van der Waals surface area contributed by atoms with E-state index in [1.54, 1.807) is 6.20 Å². The summed E-state index contributed by atoms with van der Waals surface area (Å²) in [6.07, 6.45) is 1.96. The molecular formula is C23H23N5O4S2. The fourth-order valence-electron chi connectivity index (χ4n) is 3.37. The minimum Gasteiger partial charge on any atom is -0.492 e. The molecule has 4 rings (SSSR count). The van der Waals surface area contributed by atoms with Crippen molar-refractivity contribution in [2.45, 2.75) is 23.7 Å². The number of fused-ring (bicyclic) bond motifs is 1. The lowest BCUT2D eigenvalue weighted by molar-refractivity contribution is -0.141. The van der Waals surface area contributed by atoms with Crippen LogP contribution in [-0.2, 0) is 16.0 Å². The number of anilines is 2. The number of carbonyl (C=O) groups is 2. The zero-order valence-corrected chi connectivity index (χ0v) is 19.9. The van der Waals surface area contributed by atoms with Crippen molar-refractivity contribution in [2.75, 3.05) is 17.7 Å². The summed E-state index contributed by atoms with van der Waals surface area (Å²) in [5, 5.41) is 25.1. The maximum absolute atomic E-state index is 12.5. The standard InChI is InChI=1S/C23H23N5O4S2/c1-2-32-19-10-6-5-9-17(19)26-22-27-28-23(34-22)33-13-20(29)25-18(21(30)31)11-14-12-24-16-8-4-3-7-15(14)16/h3-10,12,18,24H,2,11,13H2,1H3,(H,25,29)(H,26,27)(H,30,31)/t18-/m0/s1. The zero-order chi connectivity index (χ0) is 23.9. The number of hydrogen-bond acceptors (Lipinski definition) is 8. The number of amides is 1. The molecule has 0 aliphatic rings. The number of benzene rings is 2. The Morgan fingerprint density at radius 1 is 1.18 bits per heavy atom. The molecule has 0 spiro atoms. The number of carboxylic acids is 1. The molecule has 34 heavy (non-hydrogen) atoms. The molecule has 176 valence electrons. The summed E-state index contributed by atoms with van der Waals surface area (Å²) in [5.74, 6) is -0.728. The average Bonchev–Trinajstić information content (AvgIpc) is 3.45. The second kappa shape index (κ2) is 11.0. The highest BCUT2D eigenvalue weighted by atomic mass is 32.2. The predicted molar refractivity (Wildman–Crippen MR) is 133 cm³/mol. The molecular weight excluding hydrogens is 474 g/mol. The Hall–Kier alpha value is -3.57. The van der Waals surface area contributed by atoms with Gasteiger partial charge in [0.05, 0.1) is 18.0 Å². The van der Waals surface area contributed by atoms with Crippen LogP contribution in [0.5, 0.6) is 5.75 Å².